The third kappa shape index (κ3) is 4.40. The minimum Gasteiger partial charge on any atom is -0.379 e. The first-order valence-electron chi connectivity index (χ1n) is 4.70. The molecule has 0 aliphatic carbocycles. The number of nitrogens with one attached hydrogen (secondary N) is 2. The van der Waals surface area contributed by atoms with Gasteiger partial charge in [0.15, 0.2) is 5.11 Å². The largest absolute Gasteiger partial charge is 0.379 e. The van der Waals surface area contributed by atoms with Gasteiger partial charge in [0.05, 0.1) is 13.2 Å². The number of rotatable bonds is 3. The zero-order valence-electron chi connectivity index (χ0n) is 8.01. The van der Waals surface area contributed by atoms with Crippen LogP contribution in [0.1, 0.15) is 13.3 Å². The highest BCUT2D eigenvalue weighted by Gasteiger charge is 2.10. The molecule has 5 heteroatoms. The summed E-state index contributed by atoms with van der Waals surface area (Å²) in [5, 5.41) is 5.91. The molecule has 1 heterocycles. The Morgan fingerprint density at radius 3 is 2.77 bits per heavy atom. The second kappa shape index (κ2) is 6.12. The summed E-state index contributed by atoms with van der Waals surface area (Å²) in [5.41, 5.74) is 3.13. The SMILES string of the molecule is CCCNC(=S)NN1CCOCC1. The molecular formula is C8H17N3OS. The summed E-state index contributed by atoms with van der Waals surface area (Å²) in [7, 11) is 0. The zero-order valence-corrected chi connectivity index (χ0v) is 8.82. The van der Waals surface area contributed by atoms with Crippen molar-refractivity contribution in [2.75, 3.05) is 32.8 Å². The molecule has 1 aliphatic rings. The van der Waals surface area contributed by atoms with Gasteiger partial charge in [0.25, 0.3) is 0 Å². The van der Waals surface area contributed by atoms with Gasteiger partial charge < -0.3 is 10.1 Å². The summed E-state index contributed by atoms with van der Waals surface area (Å²) >= 11 is 5.10. The molecule has 2 N–H and O–H groups in total. The van der Waals surface area contributed by atoms with Gasteiger partial charge in [-0.3, -0.25) is 5.43 Å². The first kappa shape index (κ1) is 10.7. The van der Waals surface area contributed by atoms with E-state index in [9.17, 15) is 0 Å². The van der Waals surface area contributed by atoms with E-state index >= 15 is 0 Å². The number of hydrogen-bond donors (Lipinski definition) is 2. The molecule has 1 saturated heterocycles. The lowest BCUT2D eigenvalue weighted by Gasteiger charge is -2.28. The van der Waals surface area contributed by atoms with E-state index in [0.717, 1.165) is 39.3 Å². The molecular weight excluding hydrogens is 186 g/mol. The lowest BCUT2D eigenvalue weighted by atomic mass is 10.5. The van der Waals surface area contributed by atoms with Crippen LogP contribution in [0, 0.1) is 0 Å². The van der Waals surface area contributed by atoms with Crippen LogP contribution >= 0.6 is 12.2 Å². The van der Waals surface area contributed by atoms with Gasteiger partial charge in [0.1, 0.15) is 0 Å². The molecule has 0 radical (unpaired) electrons. The van der Waals surface area contributed by atoms with Crippen molar-refractivity contribution in [1.82, 2.24) is 15.8 Å². The van der Waals surface area contributed by atoms with E-state index in [1.807, 2.05) is 0 Å². The van der Waals surface area contributed by atoms with E-state index in [0.29, 0.717) is 5.11 Å². The van der Waals surface area contributed by atoms with Crippen LogP contribution in [0.15, 0.2) is 0 Å². The Morgan fingerprint density at radius 1 is 1.46 bits per heavy atom. The van der Waals surface area contributed by atoms with Crippen LogP contribution < -0.4 is 10.7 Å². The van der Waals surface area contributed by atoms with E-state index in [1.165, 1.54) is 0 Å². The molecule has 1 rings (SSSR count). The molecule has 0 spiro atoms. The molecule has 0 aromatic rings. The van der Waals surface area contributed by atoms with Gasteiger partial charge in [0, 0.05) is 19.6 Å². The van der Waals surface area contributed by atoms with Crippen molar-refractivity contribution < 1.29 is 4.74 Å². The fraction of sp³-hybridized carbons (Fsp3) is 0.875. The Balaban J connectivity index is 2.11. The van der Waals surface area contributed by atoms with Crippen molar-refractivity contribution in [2.24, 2.45) is 0 Å². The number of hydrogen-bond acceptors (Lipinski definition) is 3. The van der Waals surface area contributed by atoms with Gasteiger partial charge in [-0.2, -0.15) is 0 Å². The van der Waals surface area contributed by atoms with E-state index in [-0.39, 0.29) is 0 Å². The van der Waals surface area contributed by atoms with Crippen LogP contribution in [0.25, 0.3) is 0 Å². The lowest BCUT2D eigenvalue weighted by molar-refractivity contribution is 0.0247. The molecule has 76 valence electrons. The quantitative estimate of drug-likeness (QED) is 0.637. The third-order valence-electron chi connectivity index (χ3n) is 1.81. The first-order chi connectivity index (χ1) is 6.33. The summed E-state index contributed by atoms with van der Waals surface area (Å²) in [4.78, 5) is 0. The van der Waals surface area contributed by atoms with Gasteiger partial charge in [-0.25, -0.2) is 5.01 Å². The van der Waals surface area contributed by atoms with Gasteiger partial charge in [-0.1, -0.05) is 6.92 Å². The van der Waals surface area contributed by atoms with Crippen molar-refractivity contribution in [2.45, 2.75) is 13.3 Å². The molecule has 13 heavy (non-hydrogen) atoms. The fourth-order valence-electron chi connectivity index (χ4n) is 1.10. The molecule has 1 fully saturated rings. The van der Waals surface area contributed by atoms with Gasteiger partial charge in [0.2, 0.25) is 0 Å². The van der Waals surface area contributed by atoms with Crippen molar-refractivity contribution in [3.05, 3.63) is 0 Å². The second-order valence-electron chi connectivity index (χ2n) is 2.97. The third-order valence-corrected chi connectivity index (χ3v) is 2.04. The van der Waals surface area contributed by atoms with Crippen molar-refractivity contribution in [3.8, 4) is 0 Å². The maximum atomic E-state index is 5.22. The maximum Gasteiger partial charge on any atom is 0.181 e. The summed E-state index contributed by atoms with van der Waals surface area (Å²) in [6, 6.07) is 0. The first-order valence-corrected chi connectivity index (χ1v) is 5.11. The molecule has 4 nitrogen and oxygen atoms in total. The molecule has 0 bridgehead atoms. The standard InChI is InChI=1S/C8H17N3OS/c1-2-3-9-8(13)10-11-4-6-12-7-5-11/h2-7H2,1H3,(H2,9,10,13). The Bertz CT molecular complexity index is 159. The molecule has 0 aromatic carbocycles. The van der Waals surface area contributed by atoms with Gasteiger partial charge >= 0.3 is 0 Å². The normalized spacial score (nSPS) is 18.2. The van der Waals surface area contributed by atoms with Gasteiger partial charge in [-0.05, 0) is 18.6 Å². The van der Waals surface area contributed by atoms with Crippen LogP contribution in [0.3, 0.4) is 0 Å². The predicted molar refractivity (Wildman–Crippen MR) is 56.4 cm³/mol. The average Bonchev–Trinajstić information content (AvgIpc) is 2.16. The van der Waals surface area contributed by atoms with E-state index < -0.39 is 0 Å². The number of nitrogens with zero attached hydrogens (tertiary/aromatic N) is 1. The molecule has 0 unspecified atom stereocenters. The smallest absolute Gasteiger partial charge is 0.181 e. The van der Waals surface area contributed by atoms with Crippen molar-refractivity contribution in [3.63, 3.8) is 0 Å². The topological polar surface area (TPSA) is 36.5 Å². The summed E-state index contributed by atoms with van der Waals surface area (Å²) in [6.45, 7) is 6.40. The number of morpholine rings is 1. The number of thiocarbonyl (C=S) groups is 1. The Morgan fingerprint density at radius 2 is 2.15 bits per heavy atom. The predicted octanol–water partition coefficient (Wildman–Crippen LogP) is 0.108. The average molecular weight is 203 g/mol. The minimum atomic E-state index is 0.712. The number of hydrazine groups is 1. The highest BCUT2D eigenvalue weighted by atomic mass is 32.1. The fourth-order valence-corrected chi connectivity index (χ4v) is 1.33. The van der Waals surface area contributed by atoms with E-state index in [2.05, 4.69) is 22.7 Å². The Labute approximate surface area is 84.6 Å². The zero-order chi connectivity index (χ0) is 9.52. The molecule has 0 saturated carbocycles. The molecule has 0 amide bonds. The maximum absolute atomic E-state index is 5.22. The molecule has 1 aliphatic heterocycles. The molecule has 0 atom stereocenters. The van der Waals surface area contributed by atoms with Gasteiger partial charge in [-0.15, -0.1) is 0 Å². The van der Waals surface area contributed by atoms with Crippen LogP contribution in [0.5, 0.6) is 0 Å². The summed E-state index contributed by atoms with van der Waals surface area (Å²) < 4.78 is 5.22. The van der Waals surface area contributed by atoms with Crippen LogP contribution in [0.2, 0.25) is 0 Å². The minimum absolute atomic E-state index is 0.712. The van der Waals surface area contributed by atoms with Crippen molar-refractivity contribution >= 4 is 17.3 Å². The molecule has 0 aromatic heterocycles. The van der Waals surface area contributed by atoms with Crippen LogP contribution in [-0.2, 0) is 4.74 Å². The highest BCUT2D eigenvalue weighted by molar-refractivity contribution is 7.80. The summed E-state index contributed by atoms with van der Waals surface area (Å²) in [6.07, 6.45) is 1.09. The van der Waals surface area contributed by atoms with E-state index in [1.54, 1.807) is 0 Å². The second-order valence-corrected chi connectivity index (χ2v) is 3.38. The van der Waals surface area contributed by atoms with E-state index in [4.69, 9.17) is 17.0 Å². The highest BCUT2D eigenvalue weighted by Crippen LogP contribution is 1.91. The van der Waals surface area contributed by atoms with Crippen molar-refractivity contribution in [1.29, 1.82) is 0 Å². The Kier molecular flexibility index (Phi) is 5.03. The van der Waals surface area contributed by atoms with Crippen LogP contribution in [0.4, 0.5) is 0 Å². The lowest BCUT2D eigenvalue weighted by Crippen LogP contribution is -2.51. The van der Waals surface area contributed by atoms with Crippen LogP contribution in [-0.4, -0.2) is 43.0 Å². The monoisotopic (exact) mass is 203 g/mol. The Hall–Kier alpha value is -0.390. The number of ether oxygens (including phenoxy) is 1. The summed E-state index contributed by atoms with van der Waals surface area (Å²) in [5.74, 6) is 0.